The first-order valence-corrected chi connectivity index (χ1v) is 8.37. The van der Waals surface area contributed by atoms with Gasteiger partial charge >= 0.3 is 6.18 Å². The number of hydrogen-bond acceptors (Lipinski definition) is 3. The largest absolute Gasteiger partial charge is 0.419 e. The van der Waals surface area contributed by atoms with Gasteiger partial charge in [-0.2, -0.15) is 24.9 Å². The molecule has 1 fully saturated rings. The number of hydrogen-bond donors (Lipinski definition) is 0. The van der Waals surface area contributed by atoms with E-state index in [2.05, 4.69) is 6.92 Å². The van der Waals surface area contributed by atoms with Crippen molar-refractivity contribution in [1.29, 1.82) is 0 Å². The molecule has 1 aliphatic rings. The van der Waals surface area contributed by atoms with Crippen LogP contribution in [0.5, 0.6) is 0 Å². The van der Waals surface area contributed by atoms with Crippen LogP contribution in [0.4, 0.5) is 17.6 Å². The molecular formula is C14H14F4OS2. The van der Waals surface area contributed by atoms with E-state index in [1.165, 1.54) is 11.8 Å². The number of ketones is 1. The molecule has 0 saturated carbocycles. The summed E-state index contributed by atoms with van der Waals surface area (Å²) in [6.07, 6.45) is -4.74. The third-order valence-electron chi connectivity index (χ3n) is 3.40. The molecule has 3 atom stereocenters. The minimum Gasteiger partial charge on any atom is -0.293 e. The molecule has 1 aromatic rings. The molecule has 1 heterocycles. The smallest absolute Gasteiger partial charge is 0.293 e. The number of carbonyl (C=O) groups is 1. The van der Waals surface area contributed by atoms with E-state index in [0.29, 0.717) is 23.1 Å². The molecule has 0 spiro atoms. The van der Waals surface area contributed by atoms with Gasteiger partial charge < -0.3 is 0 Å². The first-order chi connectivity index (χ1) is 9.70. The highest BCUT2D eigenvalue weighted by Gasteiger charge is 2.35. The molecule has 1 nitrogen and oxygen atoms in total. The number of Topliss-reactive ketones (excluding diaryl/α,β-unsaturated/α-hetero) is 1. The maximum absolute atomic E-state index is 13.5. The second-order valence-corrected chi connectivity index (χ2v) is 7.92. The van der Waals surface area contributed by atoms with Crippen molar-refractivity contribution in [2.45, 2.75) is 35.8 Å². The lowest BCUT2D eigenvalue weighted by Crippen LogP contribution is -2.31. The van der Waals surface area contributed by atoms with E-state index in [1.54, 1.807) is 11.8 Å². The molecule has 1 aliphatic heterocycles. The standard InChI is InChI=1S/C14H14F4OS2/c1-7-8(2)21-12(6-20-7)13(19)9-3-4-10(11(15)5-9)14(16,17)18/h3-5,7-8,12H,6H2,1-2H3. The molecule has 0 aromatic heterocycles. The Bertz CT molecular complexity index is 544. The highest BCUT2D eigenvalue weighted by atomic mass is 32.2. The van der Waals surface area contributed by atoms with E-state index in [0.717, 1.165) is 6.07 Å². The van der Waals surface area contributed by atoms with Crippen molar-refractivity contribution in [3.8, 4) is 0 Å². The fourth-order valence-corrected chi connectivity index (χ4v) is 4.88. The summed E-state index contributed by atoms with van der Waals surface area (Å²) in [5.41, 5.74) is -1.34. The summed E-state index contributed by atoms with van der Waals surface area (Å²) in [5, 5.41) is 0.359. The Kier molecular flexibility index (Phi) is 4.92. The van der Waals surface area contributed by atoms with Crippen molar-refractivity contribution in [3.05, 3.63) is 35.1 Å². The zero-order valence-corrected chi connectivity index (χ0v) is 13.0. The maximum Gasteiger partial charge on any atom is 0.419 e. The Labute approximate surface area is 128 Å². The molecule has 2 rings (SSSR count). The van der Waals surface area contributed by atoms with Crippen molar-refractivity contribution >= 4 is 29.3 Å². The summed E-state index contributed by atoms with van der Waals surface area (Å²) in [6.45, 7) is 4.08. The summed E-state index contributed by atoms with van der Waals surface area (Å²) >= 11 is 3.15. The lowest BCUT2D eigenvalue weighted by Gasteiger charge is -2.30. The fourth-order valence-electron chi connectivity index (χ4n) is 2.01. The van der Waals surface area contributed by atoms with Crippen molar-refractivity contribution < 1.29 is 22.4 Å². The highest BCUT2D eigenvalue weighted by molar-refractivity contribution is 8.08. The molecule has 1 saturated heterocycles. The van der Waals surface area contributed by atoms with E-state index < -0.39 is 17.6 Å². The first kappa shape index (κ1) is 16.7. The van der Waals surface area contributed by atoms with Gasteiger partial charge in [0.1, 0.15) is 5.82 Å². The van der Waals surface area contributed by atoms with Crippen LogP contribution in [0.2, 0.25) is 0 Å². The lowest BCUT2D eigenvalue weighted by atomic mass is 10.1. The summed E-state index contributed by atoms with van der Waals surface area (Å²) in [5.74, 6) is -1.11. The van der Waals surface area contributed by atoms with Gasteiger partial charge in [0.2, 0.25) is 0 Å². The van der Waals surface area contributed by atoms with Crippen LogP contribution in [0.25, 0.3) is 0 Å². The van der Waals surface area contributed by atoms with Gasteiger partial charge in [-0.05, 0) is 12.1 Å². The second-order valence-electron chi connectivity index (χ2n) is 4.92. The fraction of sp³-hybridized carbons (Fsp3) is 0.500. The molecule has 116 valence electrons. The quantitative estimate of drug-likeness (QED) is 0.577. The molecule has 3 unspecified atom stereocenters. The van der Waals surface area contributed by atoms with Crippen molar-refractivity contribution in [2.24, 2.45) is 0 Å². The van der Waals surface area contributed by atoms with Gasteiger partial charge in [0.05, 0.1) is 10.8 Å². The van der Waals surface area contributed by atoms with Gasteiger partial charge in [-0.1, -0.05) is 19.9 Å². The van der Waals surface area contributed by atoms with Crippen LogP contribution in [0, 0.1) is 5.82 Å². The van der Waals surface area contributed by atoms with Crippen molar-refractivity contribution in [1.82, 2.24) is 0 Å². The molecule has 21 heavy (non-hydrogen) atoms. The van der Waals surface area contributed by atoms with Crippen LogP contribution < -0.4 is 0 Å². The van der Waals surface area contributed by atoms with Crippen LogP contribution in [0.15, 0.2) is 18.2 Å². The Morgan fingerprint density at radius 2 is 1.90 bits per heavy atom. The van der Waals surface area contributed by atoms with Gasteiger partial charge in [0.15, 0.2) is 5.78 Å². The molecular weight excluding hydrogens is 324 g/mol. The summed E-state index contributed by atoms with van der Waals surface area (Å²) in [4.78, 5) is 12.3. The first-order valence-electron chi connectivity index (χ1n) is 6.38. The summed E-state index contributed by atoms with van der Waals surface area (Å²) in [7, 11) is 0. The number of alkyl halides is 3. The zero-order chi connectivity index (χ0) is 15.8. The Morgan fingerprint density at radius 3 is 2.43 bits per heavy atom. The maximum atomic E-state index is 13.5. The lowest BCUT2D eigenvalue weighted by molar-refractivity contribution is -0.140. The highest BCUT2D eigenvalue weighted by Crippen LogP contribution is 2.37. The van der Waals surface area contributed by atoms with Crippen LogP contribution in [0.1, 0.15) is 29.8 Å². The van der Waals surface area contributed by atoms with Gasteiger partial charge in [-0.15, -0.1) is 11.8 Å². The predicted molar refractivity (Wildman–Crippen MR) is 78.5 cm³/mol. The van der Waals surface area contributed by atoms with Crippen LogP contribution in [0.3, 0.4) is 0 Å². The SMILES string of the molecule is CC1SCC(C(=O)c2ccc(C(F)(F)F)c(F)c2)SC1C. The van der Waals surface area contributed by atoms with E-state index in [1.807, 2.05) is 6.92 Å². The van der Waals surface area contributed by atoms with E-state index in [-0.39, 0.29) is 21.8 Å². The number of carbonyl (C=O) groups excluding carboxylic acids is 1. The van der Waals surface area contributed by atoms with Crippen LogP contribution >= 0.6 is 23.5 Å². The molecule has 7 heteroatoms. The van der Waals surface area contributed by atoms with E-state index in [9.17, 15) is 22.4 Å². The monoisotopic (exact) mass is 338 g/mol. The van der Waals surface area contributed by atoms with E-state index >= 15 is 0 Å². The minimum atomic E-state index is -4.74. The van der Waals surface area contributed by atoms with Crippen molar-refractivity contribution in [3.63, 3.8) is 0 Å². The third-order valence-corrected chi connectivity index (χ3v) is 6.79. The normalized spacial score (nSPS) is 26.7. The molecule has 0 aliphatic carbocycles. The van der Waals surface area contributed by atoms with Crippen molar-refractivity contribution in [2.75, 3.05) is 5.75 Å². The Balaban J connectivity index is 2.19. The number of benzene rings is 1. The third kappa shape index (κ3) is 3.74. The average Bonchev–Trinajstić information content (AvgIpc) is 2.39. The van der Waals surface area contributed by atoms with E-state index in [4.69, 9.17) is 0 Å². The minimum absolute atomic E-state index is 0.000327. The topological polar surface area (TPSA) is 17.1 Å². The molecule has 0 bridgehead atoms. The predicted octanol–water partition coefficient (Wildman–Crippen LogP) is 4.65. The van der Waals surface area contributed by atoms with Crippen LogP contribution in [-0.2, 0) is 6.18 Å². The number of thioether (sulfide) groups is 2. The summed E-state index contributed by atoms with van der Waals surface area (Å²) < 4.78 is 51.0. The van der Waals surface area contributed by atoms with Crippen LogP contribution in [-0.4, -0.2) is 27.3 Å². The molecule has 0 N–H and O–H groups in total. The second kappa shape index (κ2) is 6.20. The molecule has 1 aromatic carbocycles. The van der Waals surface area contributed by atoms with Gasteiger partial charge in [0, 0.05) is 21.8 Å². The van der Waals surface area contributed by atoms with Gasteiger partial charge in [-0.3, -0.25) is 4.79 Å². The zero-order valence-electron chi connectivity index (χ0n) is 11.4. The van der Waals surface area contributed by atoms with Gasteiger partial charge in [0.25, 0.3) is 0 Å². The number of halogens is 4. The Morgan fingerprint density at radius 1 is 1.24 bits per heavy atom. The Hall–Kier alpha value is -0.690. The number of rotatable bonds is 2. The molecule has 0 radical (unpaired) electrons. The molecule has 0 amide bonds. The average molecular weight is 338 g/mol. The van der Waals surface area contributed by atoms with Gasteiger partial charge in [-0.25, -0.2) is 4.39 Å². The summed E-state index contributed by atoms with van der Waals surface area (Å²) in [6, 6.07) is 2.39.